The summed E-state index contributed by atoms with van der Waals surface area (Å²) in [4.78, 5) is 25.8. The number of carboxylic acids is 1. The Hall–Kier alpha value is -1.36. The molecule has 1 heterocycles. The van der Waals surface area contributed by atoms with Gasteiger partial charge in [-0.25, -0.2) is 0 Å². The van der Waals surface area contributed by atoms with Gasteiger partial charge < -0.3 is 10.0 Å². The SMILES string of the molecule is CC(C)CN(CCC(=O)O)C(=O)CCCc1cccs1. The lowest BCUT2D eigenvalue weighted by Gasteiger charge is -2.24. The maximum atomic E-state index is 12.2. The van der Waals surface area contributed by atoms with Crippen molar-refractivity contribution in [1.82, 2.24) is 4.90 Å². The van der Waals surface area contributed by atoms with Crippen LogP contribution in [0.5, 0.6) is 0 Å². The summed E-state index contributed by atoms with van der Waals surface area (Å²) in [6.45, 7) is 5.01. The first kappa shape index (κ1) is 16.7. The summed E-state index contributed by atoms with van der Waals surface area (Å²) in [5, 5.41) is 10.8. The normalized spacial score (nSPS) is 10.8. The third kappa shape index (κ3) is 6.70. The molecule has 1 amide bonds. The fraction of sp³-hybridized carbons (Fsp3) is 0.600. The lowest BCUT2D eigenvalue weighted by Crippen LogP contribution is -2.35. The number of aryl methyl sites for hydroxylation is 1. The van der Waals surface area contributed by atoms with E-state index < -0.39 is 5.97 Å². The minimum absolute atomic E-state index is 0.0172. The number of carbonyl (C=O) groups is 2. The molecule has 0 unspecified atom stereocenters. The van der Waals surface area contributed by atoms with Crippen LogP contribution in [-0.4, -0.2) is 35.0 Å². The van der Waals surface area contributed by atoms with E-state index >= 15 is 0 Å². The average molecular weight is 297 g/mol. The van der Waals surface area contributed by atoms with E-state index in [1.807, 2.05) is 25.3 Å². The first-order chi connectivity index (χ1) is 9.49. The molecular formula is C15H23NO3S. The van der Waals surface area contributed by atoms with Crippen molar-refractivity contribution < 1.29 is 14.7 Å². The molecule has 4 nitrogen and oxygen atoms in total. The molecule has 0 aliphatic rings. The summed E-state index contributed by atoms with van der Waals surface area (Å²) in [6.07, 6.45) is 2.24. The van der Waals surface area contributed by atoms with Gasteiger partial charge in [0.2, 0.25) is 5.91 Å². The summed E-state index contributed by atoms with van der Waals surface area (Å²) < 4.78 is 0. The molecule has 0 fully saturated rings. The van der Waals surface area contributed by atoms with Crippen molar-refractivity contribution in [2.75, 3.05) is 13.1 Å². The number of hydrogen-bond donors (Lipinski definition) is 1. The molecule has 0 spiro atoms. The first-order valence-corrected chi connectivity index (χ1v) is 7.89. The van der Waals surface area contributed by atoms with Crippen molar-refractivity contribution in [3.05, 3.63) is 22.4 Å². The third-order valence-corrected chi connectivity index (χ3v) is 3.86. The molecule has 0 saturated heterocycles. The van der Waals surface area contributed by atoms with E-state index in [4.69, 9.17) is 5.11 Å². The zero-order valence-electron chi connectivity index (χ0n) is 12.2. The molecule has 20 heavy (non-hydrogen) atoms. The number of hydrogen-bond acceptors (Lipinski definition) is 3. The van der Waals surface area contributed by atoms with Gasteiger partial charge in [-0.1, -0.05) is 19.9 Å². The Morgan fingerprint density at radius 2 is 2.10 bits per heavy atom. The van der Waals surface area contributed by atoms with Crippen molar-refractivity contribution in [2.24, 2.45) is 5.92 Å². The van der Waals surface area contributed by atoms with Crippen LogP contribution in [0, 0.1) is 5.92 Å². The summed E-state index contributed by atoms with van der Waals surface area (Å²) in [7, 11) is 0. The maximum Gasteiger partial charge on any atom is 0.305 e. The molecule has 0 radical (unpaired) electrons. The zero-order valence-corrected chi connectivity index (χ0v) is 13.0. The smallest absolute Gasteiger partial charge is 0.305 e. The number of carboxylic acid groups (broad SMARTS) is 1. The molecule has 112 valence electrons. The van der Waals surface area contributed by atoms with Crippen molar-refractivity contribution in [2.45, 2.75) is 39.5 Å². The number of rotatable bonds is 9. The standard InChI is InChI=1S/C15H23NO3S/c1-12(2)11-16(9-8-15(18)19)14(17)7-3-5-13-6-4-10-20-13/h4,6,10,12H,3,5,7-9,11H2,1-2H3,(H,18,19). The molecule has 0 atom stereocenters. The third-order valence-electron chi connectivity index (χ3n) is 2.93. The lowest BCUT2D eigenvalue weighted by atomic mass is 10.1. The molecule has 0 aliphatic heterocycles. The van der Waals surface area contributed by atoms with Crippen LogP contribution in [0.4, 0.5) is 0 Å². The predicted octanol–water partition coefficient (Wildman–Crippen LogP) is 3.03. The summed E-state index contributed by atoms with van der Waals surface area (Å²) in [6, 6.07) is 4.09. The lowest BCUT2D eigenvalue weighted by molar-refractivity contribution is -0.138. The fourth-order valence-electron chi connectivity index (χ4n) is 2.02. The number of amides is 1. The maximum absolute atomic E-state index is 12.2. The Labute approximate surface area is 124 Å². The van der Waals surface area contributed by atoms with E-state index in [0.717, 1.165) is 12.8 Å². The van der Waals surface area contributed by atoms with Crippen LogP contribution in [0.15, 0.2) is 17.5 Å². The number of aliphatic carboxylic acids is 1. The molecule has 1 aromatic rings. The molecule has 1 aromatic heterocycles. The highest BCUT2D eigenvalue weighted by Crippen LogP contribution is 2.13. The van der Waals surface area contributed by atoms with Crippen molar-refractivity contribution in [3.8, 4) is 0 Å². The monoisotopic (exact) mass is 297 g/mol. The molecular weight excluding hydrogens is 274 g/mol. The highest BCUT2D eigenvalue weighted by Gasteiger charge is 2.15. The molecule has 1 rings (SSSR count). The van der Waals surface area contributed by atoms with E-state index in [0.29, 0.717) is 25.4 Å². The summed E-state index contributed by atoms with van der Waals surface area (Å²) >= 11 is 1.71. The van der Waals surface area contributed by atoms with Gasteiger partial charge in [-0.15, -0.1) is 11.3 Å². The molecule has 0 bridgehead atoms. The first-order valence-electron chi connectivity index (χ1n) is 7.01. The van der Waals surface area contributed by atoms with Crippen molar-refractivity contribution in [1.29, 1.82) is 0 Å². The van der Waals surface area contributed by atoms with E-state index in [2.05, 4.69) is 6.07 Å². The van der Waals surface area contributed by atoms with Gasteiger partial charge in [-0.3, -0.25) is 9.59 Å². The van der Waals surface area contributed by atoms with Crippen LogP contribution in [0.2, 0.25) is 0 Å². The van der Waals surface area contributed by atoms with Gasteiger partial charge in [0.25, 0.3) is 0 Å². The fourth-order valence-corrected chi connectivity index (χ4v) is 2.77. The highest BCUT2D eigenvalue weighted by molar-refractivity contribution is 7.09. The van der Waals surface area contributed by atoms with Gasteiger partial charge in [0.15, 0.2) is 0 Å². The van der Waals surface area contributed by atoms with Gasteiger partial charge >= 0.3 is 5.97 Å². The second-order valence-electron chi connectivity index (χ2n) is 5.31. The van der Waals surface area contributed by atoms with Crippen LogP contribution in [0.1, 0.15) is 38.0 Å². The Balaban J connectivity index is 2.38. The van der Waals surface area contributed by atoms with Crippen molar-refractivity contribution in [3.63, 3.8) is 0 Å². The van der Waals surface area contributed by atoms with E-state index in [9.17, 15) is 9.59 Å². The molecule has 0 saturated carbocycles. The van der Waals surface area contributed by atoms with Crippen LogP contribution in [-0.2, 0) is 16.0 Å². The van der Waals surface area contributed by atoms with Crippen LogP contribution in [0.25, 0.3) is 0 Å². The topological polar surface area (TPSA) is 57.6 Å². The Kier molecular flexibility index (Phi) is 7.30. The van der Waals surface area contributed by atoms with Gasteiger partial charge in [0, 0.05) is 24.4 Å². The second kappa shape index (κ2) is 8.74. The van der Waals surface area contributed by atoms with E-state index in [1.54, 1.807) is 16.2 Å². The number of thiophene rings is 1. The minimum atomic E-state index is -0.856. The molecule has 5 heteroatoms. The van der Waals surface area contributed by atoms with Crippen molar-refractivity contribution >= 4 is 23.2 Å². The Morgan fingerprint density at radius 1 is 1.35 bits per heavy atom. The minimum Gasteiger partial charge on any atom is -0.481 e. The Bertz CT molecular complexity index is 415. The molecule has 0 aromatic carbocycles. The number of nitrogens with zero attached hydrogens (tertiary/aromatic N) is 1. The second-order valence-corrected chi connectivity index (χ2v) is 6.34. The van der Waals surface area contributed by atoms with E-state index in [1.165, 1.54) is 4.88 Å². The highest BCUT2D eigenvalue weighted by atomic mass is 32.1. The van der Waals surface area contributed by atoms with Gasteiger partial charge in [0.05, 0.1) is 6.42 Å². The van der Waals surface area contributed by atoms with Gasteiger partial charge in [0.1, 0.15) is 0 Å². The molecule has 0 aliphatic carbocycles. The summed E-state index contributed by atoms with van der Waals surface area (Å²) in [5.41, 5.74) is 0. The Morgan fingerprint density at radius 3 is 2.65 bits per heavy atom. The molecule has 1 N–H and O–H groups in total. The van der Waals surface area contributed by atoms with E-state index in [-0.39, 0.29) is 12.3 Å². The van der Waals surface area contributed by atoms with Crippen LogP contribution < -0.4 is 0 Å². The van der Waals surface area contributed by atoms with Gasteiger partial charge in [-0.2, -0.15) is 0 Å². The zero-order chi connectivity index (χ0) is 15.0. The van der Waals surface area contributed by atoms with Gasteiger partial charge in [-0.05, 0) is 30.2 Å². The summed E-state index contributed by atoms with van der Waals surface area (Å²) in [5.74, 6) is -0.438. The van der Waals surface area contributed by atoms with Crippen LogP contribution >= 0.6 is 11.3 Å². The predicted molar refractivity (Wildman–Crippen MR) is 80.9 cm³/mol. The number of carbonyl (C=O) groups excluding carboxylic acids is 1. The quantitative estimate of drug-likeness (QED) is 0.762. The van der Waals surface area contributed by atoms with Crippen LogP contribution in [0.3, 0.4) is 0 Å². The largest absolute Gasteiger partial charge is 0.481 e. The average Bonchev–Trinajstić information content (AvgIpc) is 2.86.